The van der Waals surface area contributed by atoms with Gasteiger partial charge in [0.2, 0.25) is 0 Å². The third-order valence-corrected chi connectivity index (χ3v) is 3.01. The average Bonchev–Trinajstić information content (AvgIpc) is 2.88. The molecule has 0 atom stereocenters. The smallest absolute Gasteiger partial charge is 0.198 e. The Labute approximate surface area is 111 Å². The van der Waals surface area contributed by atoms with Crippen LogP contribution in [-0.2, 0) is 12.8 Å². The average molecular weight is 254 g/mol. The molecule has 0 N–H and O–H groups in total. The molecule has 3 rings (SSSR count). The number of methoxy groups -OCH3 is 1. The van der Waals surface area contributed by atoms with Crippen LogP contribution in [0.3, 0.4) is 0 Å². The highest BCUT2D eigenvalue weighted by atomic mass is 16.5. The van der Waals surface area contributed by atoms with Crippen molar-refractivity contribution >= 4 is 11.2 Å². The molecule has 0 aliphatic rings. The molecule has 2 heterocycles. The van der Waals surface area contributed by atoms with Crippen LogP contribution in [0.1, 0.15) is 11.5 Å². The van der Waals surface area contributed by atoms with Gasteiger partial charge in [0.25, 0.3) is 0 Å². The minimum atomic E-state index is 0.664. The minimum absolute atomic E-state index is 0.664. The highest BCUT2D eigenvalue weighted by molar-refractivity contribution is 5.66. The van der Waals surface area contributed by atoms with E-state index >= 15 is 0 Å². The van der Waals surface area contributed by atoms with Crippen LogP contribution in [0.25, 0.3) is 11.2 Å². The maximum Gasteiger partial charge on any atom is 0.198 e. The van der Waals surface area contributed by atoms with Crippen LogP contribution in [-0.4, -0.2) is 17.1 Å². The third-order valence-electron chi connectivity index (χ3n) is 3.01. The summed E-state index contributed by atoms with van der Waals surface area (Å²) in [7, 11) is 1.68. The highest BCUT2D eigenvalue weighted by Gasteiger charge is 2.08. The summed E-state index contributed by atoms with van der Waals surface area (Å²) in [6.07, 6.45) is 3.28. The second-order valence-corrected chi connectivity index (χ2v) is 4.24. The van der Waals surface area contributed by atoms with Gasteiger partial charge in [-0.15, -0.1) is 0 Å². The number of ether oxygens (including phenoxy) is 1. The van der Waals surface area contributed by atoms with Gasteiger partial charge in [0, 0.05) is 12.6 Å². The van der Waals surface area contributed by atoms with Crippen LogP contribution in [0, 0.1) is 0 Å². The molecule has 0 aliphatic carbocycles. The van der Waals surface area contributed by atoms with Crippen molar-refractivity contribution in [3.05, 3.63) is 54.0 Å². The summed E-state index contributed by atoms with van der Waals surface area (Å²) < 4.78 is 11.0. The third kappa shape index (κ3) is 2.42. The Bertz CT molecular complexity index is 658. The quantitative estimate of drug-likeness (QED) is 0.718. The molecule has 3 aromatic rings. The molecule has 0 spiro atoms. The molecule has 19 heavy (non-hydrogen) atoms. The van der Waals surface area contributed by atoms with Crippen molar-refractivity contribution in [2.24, 2.45) is 0 Å². The van der Waals surface area contributed by atoms with Gasteiger partial charge in [0.05, 0.1) is 7.11 Å². The number of nitrogens with zero attached hydrogens (tertiary/aromatic N) is 2. The summed E-state index contributed by atoms with van der Waals surface area (Å²) in [5.41, 5.74) is 2.55. The van der Waals surface area contributed by atoms with Crippen LogP contribution in [0.4, 0.5) is 0 Å². The second-order valence-electron chi connectivity index (χ2n) is 4.24. The number of fused-ring (bicyclic) bond motifs is 1. The number of aryl methyl sites for hydroxylation is 2. The molecule has 96 valence electrons. The van der Waals surface area contributed by atoms with Crippen molar-refractivity contribution in [2.45, 2.75) is 12.8 Å². The van der Waals surface area contributed by atoms with Crippen LogP contribution in [0.15, 0.2) is 47.0 Å². The topological polar surface area (TPSA) is 48.2 Å². The second kappa shape index (κ2) is 5.10. The van der Waals surface area contributed by atoms with E-state index < -0.39 is 0 Å². The maximum absolute atomic E-state index is 5.65. The van der Waals surface area contributed by atoms with Gasteiger partial charge in [-0.05, 0) is 30.2 Å². The number of oxazole rings is 1. The fourth-order valence-electron chi connectivity index (χ4n) is 2.07. The summed E-state index contributed by atoms with van der Waals surface area (Å²) in [5, 5.41) is 0. The van der Waals surface area contributed by atoms with Crippen molar-refractivity contribution in [3.8, 4) is 5.75 Å². The Hall–Kier alpha value is -2.36. The first-order valence-corrected chi connectivity index (χ1v) is 6.19. The molecule has 0 unspecified atom stereocenters. The number of aromatic nitrogens is 2. The van der Waals surface area contributed by atoms with Crippen molar-refractivity contribution in [3.63, 3.8) is 0 Å². The molecule has 0 aliphatic heterocycles. The Morgan fingerprint density at radius 2 is 2.00 bits per heavy atom. The SMILES string of the molecule is COc1ccccc1CCc1nc2ncccc2o1. The lowest BCUT2D eigenvalue weighted by molar-refractivity contribution is 0.408. The Morgan fingerprint density at radius 1 is 1.11 bits per heavy atom. The Balaban J connectivity index is 1.78. The van der Waals surface area contributed by atoms with E-state index in [1.54, 1.807) is 13.3 Å². The molecular formula is C15H14N2O2. The zero-order chi connectivity index (χ0) is 13.1. The highest BCUT2D eigenvalue weighted by Crippen LogP contribution is 2.20. The molecular weight excluding hydrogens is 240 g/mol. The number of para-hydroxylation sites is 1. The van der Waals surface area contributed by atoms with Crippen molar-refractivity contribution in [1.82, 2.24) is 9.97 Å². The Morgan fingerprint density at radius 3 is 2.84 bits per heavy atom. The van der Waals surface area contributed by atoms with E-state index in [1.165, 1.54) is 0 Å². The molecule has 0 radical (unpaired) electrons. The fraction of sp³-hybridized carbons (Fsp3) is 0.200. The zero-order valence-corrected chi connectivity index (χ0v) is 10.7. The Kier molecular flexibility index (Phi) is 3.14. The normalized spacial score (nSPS) is 10.8. The first kappa shape index (κ1) is 11.7. The van der Waals surface area contributed by atoms with Gasteiger partial charge >= 0.3 is 0 Å². The molecule has 0 fully saturated rings. The molecule has 4 heteroatoms. The number of rotatable bonds is 4. The van der Waals surface area contributed by atoms with E-state index in [4.69, 9.17) is 9.15 Å². The van der Waals surface area contributed by atoms with Crippen molar-refractivity contribution in [2.75, 3.05) is 7.11 Å². The summed E-state index contributed by atoms with van der Waals surface area (Å²) in [6.45, 7) is 0. The summed E-state index contributed by atoms with van der Waals surface area (Å²) in [5.74, 6) is 1.61. The summed E-state index contributed by atoms with van der Waals surface area (Å²) in [4.78, 5) is 8.53. The van der Waals surface area contributed by atoms with Gasteiger partial charge in [-0.3, -0.25) is 0 Å². The van der Waals surface area contributed by atoms with Gasteiger partial charge in [-0.2, -0.15) is 4.98 Å². The molecule has 0 saturated heterocycles. The molecule has 0 amide bonds. The van der Waals surface area contributed by atoms with E-state index in [1.807, 2.05) is 30.3 Å². The first-order chi connectivity index (χ1) is 9.36. The van der Waals surface area contributed by atoms with Crippen LogP contribution < -0.4 is 4.74 Å². The van der Waals surface area contributed by atoms with Gasteiger partial charge in [0.1, 0.15) is 5.75 Å². The van der Waals surface area contributed by atoms with E-state index in [-0.39, 0.29) is 0 Å². The summed E-state index contributed by atoms with van der Waals surface area (Å²) in [6, 6.07) is 11.7. The first-order valence-electron chi connectivity index (χ1n) is 6.19. The number of benzene rings is 1. The molecule has 4 nitrogen and oxygen atoms in total. The standard InChI is InChI=1S/C15H14N2O2/c1-18-12-6-3-2-5-11(12)8-9-14-17-15-13(19-14)7-4-10-16-15/h2-7,10H,8-9H2,1H3. The lowest BCUT2D eigenvalue weighted by atomic mass is 10.1. The van der Waals surface area contributed by atoms with Crippen LogP contribution in [0.2, 0.25) is 0 Å². The van der Waals surface area contributed by atoms with Crippen LogP contribution >= 0.6 is 0 Å². The zero-order valence-electron chi connectivity index (χ0n) is 10.7. The van der Waals surface area contributed by atoms with Gasteiger partial charge in [-0.1, -0.05) is 18.2 Å². The van der Waals surface area contributed by atoms with Gasteiger partial charge in [0.15, 0.2) is 17.1 Å². The molecule has 0 bridgehead atoms. The van der Waals surface area contributed by atoms with Crippen molar-refractivity contribution in [1.29, 1.82) is 0 Å². The predicted octanol–water partition coefficient (Wildman–Crippen LogP) is 3.02. The van der Waals surface area contributed by atoms with Crippen LogP contribution in [0.5, 0.6) is 5.75 Å². The maximum atomic E-state index is 5.65. The van der Waals surface area contributed by atoms with Gasteiger partial charge in [-0.25, -0.2) is 4.98 Å². The molecule has 2 aromatic heterocycles. The van der Waals surface area contributed by atoms with E-state index in [0.29, 0.717) is 11.5 Å². The number of pyridine rings is 1. The van der Waals surface area contributed by atoms with Crippen molar-refractivity contribution < 1.29 is 9.15 Å². The minimum Gasteiger partial charge on any atom is -0.496 e. The van der Waals surface area contributed by atoms with E-state index in [9.17, 15) is 0 Å². The monoisotopic (exact) mass is 254 g/mol. The molecule has 0 saturated carbocycles. The number of hydrogen-bond acceptors (Lipinski definition) is 4. The largest absolute Gasteiger partial charge is 0.496 e. The lowest BCUT2D eigenvalue weighted by Crippen LogP contribution is -1.95. The molecule has 1 aromatic carbocycles. The van der Waals surface area contributed by atoms with E-state index in [2.05, 4.69) is 16.0 Å². The predicted molar refractivity (Wildman–Crippen MR) is 72.2 cm³/mol. The lowest BCUT2D eigenvalue weighted by Gasteiger charge is -2.06. The fourth-order valence-corrected chi connectivity index (χ4v) is 2.07. The number of hydrogen-bond donors (Lipinski definition) is 0. The van der Waals surface area contributed by atoms with Gasteiger partial charge < -0.3 is 9.15 Å². The van der Waals surface area contributed by atoms with E-state index in [0.717, 1.165) is 29.7 Å². The summed E-state index contributed by atoms with van der Waals surface area (Å²) >= 11 is 0.